The monoisotopic (exact) mass is 296 g/mol. The maximum absolute atomic E-state index is 12.2. The van der Waals surface area contributed by atoms with E-state index in [1.54, 1.807) is 22.0 Å². The number of aromatic nitrogens is 3. The predicted octanol–water partition coefficient (Wildman–Crippen LogP) is 1.22. The molecule has 7 nitrogen and oxygen atoms in total. The number of rotatable bonds is 3. The molecular formula is C15H16N6O. The number of anilines is 1. The molecule has 0 saturated carbocycles. The van der Waals surface area contributed by atoms with Crippen LogP contribution in [0.5, 0.6) is 0 Å². The minimum atomic E-state index is -0.163. The molecule has 1 N–H and O–H groups in total. The van der Waals surface area contributed by atoms with Gasteiger partial charge < -0.3 is 10.2 Å². The van der Waals surface area contributed by atoms with Gasteiger partial charge in [-0.05, 0) is 24.1 Å². The maximum Gasteiger partial charge on any atom is 0.230 e. The van der Waals surface area contributed by atoms with E-state index in [4.69, 9.17) is 5.26 Å². The van der Waals surface area contributed by atoms with Crippen LogP contribution in [0.3, 0.4) is 0 Å². The summed E-state index contributed by atoms with van der Waals surface area (Å²) in [6.45, 7) is 1.11. The van der Waals surface area contributed by atoms with Crippen molar-refractivity contribution in [2.45, 2.75) is 6.42 Å². The van der Waals surface area contributed by atoms with Crippen LogP contribution in [0.15, 0.2) is 30.7 Å². The molecule has 2 aromatic rings. The van der Waals surface area contributed by atoms with Gasteiger partial charge in [-0.3, -0.25) is 9.48 Å². The SMILES string of the molecule is Cn1cc(-c2ccnc(NC(=O)C3CCN(C#N)C3)c2)cn1. The van der Waals surface area contributed by atoms with Crippen LogP contribution in [0.25, 0.3) is 11.1 Å². The molecule has 2 aromatic heterocycles. The van der Waals surface area contributed by atoms with Gasteiger partial charge in [0.1, 0.15) is 5.82 Å². The van der Waals surface area contributed by atoms with Gasteiger partial charge in [0.2, 0.25) is 5.91 Å². The van der Waals surface area contributed by atoms with Gasteiger partial charge in [0.15, 0.2) is 6.19 Å². The molecule has 1 unspecified atom stereocenters. The Labute approximate surface area is 128 Å². The first-order valence-corrected chi connectivity index (χ1v) is 7.06. The van der Waals surface area contributed by atoms with E-state index >= 15 is 0 Å². The van der Waals surface area contributed by atoms with Gasteiger partial charge >= 0.3 is 0 Å². The van der Waals surface area contributed by atoms with Crippen LogP contribution < -0.4 is 5.32 Å². The maximum atomic E-state index is 12.2. The third-order valence-corrected chi connectivity index (χ3v) is 3.75. The van der Waals surface area contributed by atoms with Crippen LogP contribution in [0, 0.1) is 17.4 Å². The number of aryl methyl sites for hydroxylation is 1. The summed E-state index contributed by atoms with van der Waals surface area (Å²) < 4.78 is 1.73. The Balaban J connectivity index is 1.71. The quantitative estimate of drug-likeness (QED) is 0.861. The van der Waals surface area contributed by atoms with Crippen LogP contribution in [-0.2, 0) is 11.8 Å². The van der Waals surface area contributed by atoms with Gasteiger partial charge in [0.05, 0.1) is 12.1 Å². The highest BCUT2D eigenvalue weighted by Gasteiger charge is 2.27. The molecule has 1 saturated heterocycles. The molecule has 0 radical (unpaired) electrons. The van der Waals surface area contributed by atoms with Crippen molar-refractivity contribution < 1.29 is 4.79 Å². The number of nitriles is 1. The van der Waals surface area contributed by atoms with Crippen molar-refractivity contribution in [1.82, 2.24) is 19.7 Å². The topological polar surface area (TPSA) is 86.8 Å². The molecule has 0 aliphatic carbocycles. The summed E-state index contributed by atoms with van der Waals surface area (Å²) in [5, 5.41) is 15.8. The molecule has 1 fully saturated rings. The van der Waals surface area contributed by atoms with Crippen molar-refractivity contribution in [2.75, 3.05) is 18.4 Å². The average Bonchev–Trinajstić information content (AvgIpc) is 3.16. The Bertz CT molecular complexity index is 732. The summed E-state index contributed by atoms with van der Waals surface area (Å²) in [6, 6.07) is 3.70. The van der Waals surface area contributed by atoms with Gasteiger partial charge in [-0.25, -0.2) is 4.98 Å². The first-order chi connectivity index (χ1) is 10.7. The Morgan fingerprint density at radius 1 is 1.50 bits per heavy atom. The van der Waals surface area contributed by atoms with E-state index in [2.05, 4.69) is 21.6 Å². The van der Waals surface area contributed by atoms with Crippen molar-refractivity contribution in [3.8, 4) is 17.3 Å². The molecule has 1 atom stereocenters. The van der Waals surface area contributed by atoms with Crippen molar-refractivity contribution >= 4 is 11.7 Å². The van der Waals surface area contributed by atoms with Crippen LogP contribution >= 0.6 is 0 Å². The number of carbonyl (C=O) groups excluding carboxylic acids is 1. The number of hydrogen-bond acceptors (Lipinski definition) is 5. The van der Waals surface area contributed by atoms with E-state index in [0.29, 0.717) is 25.3 Å². The number of pyridine rings is 1. The zero-order chi connectivity index (χ0) is 15.5. The summed E-state index contributed by atoms with van der Waals surface area (Å²) in [4.78, 5) is 18.0. The number of amides is 1. The second kappa shape index (κ2) is 5.85. The summed E-state index contributed by atoms with van der Waals surface area (Å²) in [7, 11) is 1.86. The van der Waals surface area contributed by atoms with Gasteiger partial charge in [-0.15, -0.1) is 0 Å². The Kier molecular flexibility index (Phi) is 3.74. The molecule has 1 aliphatic heterocycles. The van der Waals surface area contributed by atoms with Crippen molar-refractivity contribution in [1.29, 1.82) is 5.26 Å². The third kappa shape index (κ3) is 2.91. The number of nitrogens with one attached hydrogen (secondary N) is 1. The van der Waals surface area contributed by atoms with Crippen molar-refractivity contribution in [3.63, 3.8) is 0 Å². The smallest absolute Gasteiger partial charge is 0.230 e. The highest BCUT2D eigenvalue weighted by atomic mass is 16.2. The fourth-order valence-corrected chi connectivity index (χ4v) is 2.54. The minimum Gasteiger partial charge on any atom is -0.310 e. The van der Waals surface area contributed by atoms with E-state index < -0.39 is 0 Å². The average molecular weight is 296 g/mol. The van der Waals surface area contributed by atoms with E-state index in [1.807, 2.05) is 25.4 Å². The molecule has 1 aliphatic rings. The van der Waals surface area contributed by atoms with E-state index in [9.17, 15) is 4.79 Å². The van der Waals surface area contributed by atoms with Crippen LogP contribution in [0.1, 0.15) is 6.42 Å². The molecule has 0 spiro atoms. The first-order valence-electron chi connectivity index (χ1n) is 7.06. The minimum absolute atomic E-state index is 0.0893. The molecule has 0 aromatic carbocycles. The molecule has 3 heterocycles. The second-order valence-electron chi connectivity index (χ2n) is 5.35. The van der Waals surface area contributed by atoms with E-state index in [0.717, 1.165) is 11.1 Å². The largest absolute Gasteiger partial charge is 0.310 e. The summed E-state index contributed by atoms with van der Waals surface area (Å²) in [6.07, 6.45) is 8.10. The highest BCUT2D eigenvalue weighted by molar-refractivity contribution is 5.92. The first kappa shape index (κ1) is 14.1. The Hall–Kier alpha value is -2.88. The Morgan fingerprint density at radius 3 is 3.05 bits per heavy atom. The molecule has 0 bridgehead atoms. The molecule has 1 amide bonds. The fraction of sp³-hybridized carbons (Fsp3) is 0.333. The van der Waals surface area contributed by atoms with Gasteiger partial charge in [0, 0.05) is 38.1 Å². The van der Waals surface area contributed by atoms with Gasteiger partial charge in [0.25, 0.3) is 0 Å². The van der Waals surface area contributed by atoms with E-state index in [-0.39, 0.29) is 11.8 Å². The van der Waals surface area contributed by atoms with E-state index in [1.165, 1.54) is 0 Å². The lowest BCUT2D eigenvalue weighted by Crippen LogP contribution is -2.25. The lowest BCUT2D eigenvalue weighted by molar-refractivity contribution is -0.119. The molecule has 3 rings (SSSR count). The summed E-state index contributed by atoms with van der Waals surface area (Å²) in [5.74, 6) is 0.263. The standard InChI is InChI=1S/C15H16N6O/c1-20-8-13(7-18-20)11-2-4-17-14(6-11)19-15(22)12-3-5-21(9-12)10-16/h2,4,6-8,12H,3,5,9H2,1H3,(H,17,19,22). The van der Waals surface area contributed by atoms with Crippen LogP contribution in [0.4, 0.5) is 5.82 Å². The van der Waals surface area contributed by atoms with Crippen LogP contribution in [-0.4, -0.2) is 38.7 Å². The normalized spacial score (nSPS) is 17.3. The number of hydrogen-bond donors (Lipinski definition) is 1. The summed E-state index contributed by atoms with van der Waals surface area (Å²) in [5.41, 5.74) is 1.92. The third-order valence-electron chi connectivity index (χ3n) is 3.75. The Morgan fingerprint density at radius 2 is 2.36 bits per heavy atom. The zero-order valence-corrected chi connectivity index (χ0v) is 12.2. The predicted molar refractivity (Wildman–Crippen MR) is 80.4 cm³/mol. The van der Waals surface area contributed by atoms with Gasteiger partial charge in [-0.1, -0.05) is 0 Å². The summed E-state index contributed by atoms with van der Waals surface area (Å²) >= 11 is 0. The lowest BCUT2D eigenvalue weighted by Gasteiger charge is -2.10. The highest BCUT2D eigenvalue weighted by Crippen LogP contribution is 2.22. The number of carbonyl (C=O) groups is 1. The molecule has 7 heteroatoms. The molecule has 22 heavy (non-hydrogen) atoms. The fourth-order valence-electron chi connectivity index (χ4n) is 2.54. The van der Waals surface area contributed by atoms with Gasteiger partial charge in [-0.2, -0.15) is 10.4 Å². The van der Waals surface area contributed by atoms with Crippen molar-refractivity contribution in [2.24, 2.45) is 13.0 Å². The second-order valence-corrected chi connectivity index (χ2v) is 5.35. The molecular weight excluding hydrogens is 280 g/mol. The lowest BCUT2D eigenvalue weighted by atomic mass is 10.1. The zero-order valence-electron chi connectivity index (χ0n) is 12.2. The number of nitrogens with zero attached hydrogens (tertiary/aromatic N) is 5. The number of likely N-dealkylation sites (tertiary alicyclic amines) is 1. The van der Waals surface area contributed by atoms with Crippen molar-refractivity contribution in [3.05, 3.63) is 30.7 Å². The molecule has 112 valence electrons. The van der Waals surface area contributed by atoms with Crippen LogP contribution in [0.2, 0.25) is 0 Å².